The molecule has 0 unspecified atom stereocenters. The lowest BCUT2D eigenvalue weighted by Crippen LogP contribution is -2.17. The Morgan fingerprint density at radius 1 is 1.09 bits per heavy atom. The minimum absolute atomic E-state index is 0.0176. The highest BCUT2D eigenvalue weighted by atomic mass is 35.5. The monoisotopic (exact) mass is 493 g/mol. The van der Waals surface area contributed by atoms with Gasteiger partial charge in [-0.2, -0.15) is 0 Å². The predicted octanol–water partition coefficient (Wildman–Crippen LogP) is 3.76. The highest BCUT2D eigenvalue weighted by Gasteiger charge is 2.17. The van der Waals surface area contributed by atoms with Crippen LogP contribution in [0.15, 0.2) is 41.6 Å². The summed E-state index contributed by atoms with van der Waals surface area (Å²) in [5.41, 5.74) is 1.02. The van der Waals surface area contributed by atoms with Crippen molar-refractivity contribution in [3.05, 3.63) is 52.3 Å². The van der Waals surface area contributed by atoms with Gasteiger partial charge >= 0.3 is 0 Å². The topological polar surface area (TPSA) is 107 Å². The molecule has 32 heavy (non-hydrogen) atoms. The molecular formula is C20H17Cl2N5O4S. The van der Waals surface area contributed by atoms with Crippen molar-refractivity contribution in [2.45, 2.75) is 11.6 Å². The Balaban J connectivity index is 1.31. The summed E-state index contributed by atoms with van der Waals surface area (Å²) < 4.78 is 12.2. The van der Waals surface area contributed by atoms with Crippen LogP contribution < -0.4 is 20.1 Å². The summed E-state index contributed by atoms with van der Waals surface area (Å²) in [5, 5.41) is 14.7. The van der Waals surface area contributed by atoms with Gasteiger partial charge in [0, 0.05) is 18.8 Å². The highest BCUT2D eigenvalue weighted by Crippen LogP contribution is 2.34. The first-order valence-electron chi connectivity index (χ1n) is 9.35. The van der Waals surface area contributed by atoms with E-state index in [4.69, 9.17) is 32.7 Å². The van der Waals surface area contributed by atoms with Gasteiger partial charge in [0.1, 0.15) is 5.82 Å². The molecule has 0 saturated carbocycles. The van der Waals surface area contributed by atoms with Gasteiger partial charge in [-0.25, -0.2) is 0 Å². The van der Waals surface area contributed by atoms with Crippen LogP contribution in [0.1, 0.15) is 5.82 Å². The second-order valence-electron chi connectivity index (χ2n) is 6.69. The van der Waals surface area contributed by atoms with E-state index in [2.05, 4.69) is 20.8 Å². The molecule has 1 aliphatic heterocycles. The Morgan fingerprint density at radius 2 is 1.91 bits per heavy atom. The molecule has 4 rings (SSSR count). The molecule has 0 atom stereocenters. The fraction of sp³-hybridized carbons (Fsp3) is 0.200. The van der Waals surface area contributed by atoms with Crippen LogP contribution in [0.25, 0.3) is 0 Å². The zero-order valence-electron chi connectivity index (χ0n) is 16.7. The molecule has 166 valence electrons. The van der Waals surface area contributed by atoms with Crippen molar-refractivity contribution >= 4 is 58.2 Å². The van der Waals surface area contributed by atoms with Crippen LogP contribution in [-0.2, 0) is 23.1 Å². The summed E-state index contributed by atoms with van der Waals surface area (Å²) >= 11 is 13.3. The largest absolute Gasteiger partial charge is 0.454 e. The second kappa shape index (κ2) is 9.68. The van der Waals surface area contributed by atoms with E-state index in [1.54, 1.807) is 48.0 Å². The van der Waals surface area contributed by atoms with Gasteiger partial charge in [0.05, 0.1) is 27.9 Å². The summed E-state index contributed by atoms with van der Waals surface area (Å²) in [4.78, 5) is 24.7. The molecule has 0 spiro atoms. The zero-order valence-corrected chi connectivity index (χ0v) is 19.1. The Morgan fingerprint density at radius 3 is 2.75 bits per heavy atom. The van der Waals surface area contributed by atoms with E-state index in [-0.39, 0.29) is 35.8 Å². The quantitative estimate of drug-likeness (QED) is 0.482. The molecular weight excluding hydrogens is 477 g/mol. The van der Waals surface area contributed by atoms with Gasteiger partial charge in [-0.15, -0.1) is 10.2 Å². The van der Waals surface area contributed by atoms with Crippen molar-refractivity contribution in [1.82, 2.24) is 14.8 Å². The molecule has 0 bridgehead atoms. The second-order valence-corrected chi connectivity index (χ2v) is 8.42. The van der Waals surface area contributed by atoms with Gasteiger partial charge in [0.15, 0.2) is 16.7 Å². The number of thioether (sulfide) groups is 1. The van der Waals surface area contributed by atoms with Gasteiger partial charge in [-0.1, -0.05) is 41.0 Å². The number of nitrogens with zero attached hydrogens (tertiary/aromatic N) is 3. The van der Waals surface area contributed by atoms with Crippen LogP contribution in [0, 0.1) is 0 Å². The fourth-order valence-corrected chi connectivity index (χ4v) is 3.94. The summed E-state index contributed by atoms with van der Waals surface area (Å²) in [5.74, 6) is 1.26. The maximum atomic E-state index is 12.4. The SMILES string of the molecule is Cn1c(CC(=O)Nc2cccc(Cl)c2Cl)nnc1SCC(=O)Nc1ccc2c(c1)OCO2. The van der Waals surface area contributed by atoms with Crippen LogP contribution in [0.3, 0.4) is 0 Å². The summed E-state index contributed by atoms with van der Waals surface area (Å²) in [7, 11) is 1.73. The molecule has 2 amide bonds. The van der Waals surface area contributed by atoms with Gasteiger partial charge in [-0.05, 0) is 24.3 Å². The Labute approximate surface area is 197 Å². The van der Waals surface area contributed by atoms with Crippen LogP contribution in [0.5, 0.6) is 11.5 Å². The number of halogens is 2. The smallest absolute Gasteiger partial charge is 0.234 e. The molecule has 12 heteroatoms. The first-order chi connectivity index (χ1) is 15.4. The van der Waals surface area contributed by atoms with Crippen molar-refractivity contribution in [3.63, 3.8) is 0 Å². The third kappa shape index (κ3) is 5.09. The van der Waals surface area contributed by atoms with E-state index >= 15 is 0 Å². The lowest BCUT2D eigenvalue weighted by atomic mass is 10.3. The zero-order chi connectivity index (χ0) is 22.7. The number of fused-ring (bicyclic) bond motifs is 1. The number of hydrogen-bond donors (Lipinski definition) is 2. The molecule has 0 saturated heterocycles. The fourth-order valence-electron chi connectivity index (χ4n) is 2.86. The molecule has 0 fully saturated rings. The molecule has 2 heterocycles. The summed E-state index contributed by atoms with van der Waals surface area (Å²) in [6.07, 6.45) is -0.0176. The number of carbonyl (C=O) groups excluding carboxylic acids is 2. The normalized spacial score (nSPS) is 12.0. The minimum atomic E-state index is -0.318. The average molecular weight is 494 g/mol. The average Bonchev–Trinajstić information content (AvgIpc) is 3.36. The van der Waals surface area contributed by atoms with Crippen LogP contribution in [0.2, 0.25) is 10.0 Å². The number of hydrogen-bond acceptors (Lipinski definition) is 7. The van der Waals surface area contributed by atoms with Crippen molar-refractivity contribution in [3.8, 4) is 11.5 Å². The maximum absolute atomic E-state index is 12.4. The minimum Gasteiger partial charge on any atom is -0.454 e. The molecule has 9 nitrogen and oxygen atoms in total. The Kier molecular flexibility index (Phi) is 6.73. The van der Waals surface area contributed by atoms with Gasteiger partial charge in [0.2, 0.25) is 18.6 Å². The number of carbonyl (C=O) groups is 2. The third-order valence-corrected chi connectivity index (χ3v) is 6.30. The lowest BCUT2D eigenvalue weighted by Gasteiger charge is -2.08. The number of amides is 2. The predicted molar refractivity (Wildman–Crippen MR) is 122 cm³/mol. The molecule has 0 radical (unpaired) electrons. The van der Waals surface area contributed by atoms with E-state index < -0.39 is 0 Å². The summed E-state index contributed by atoms with van der Waals surface area (Å²) in [6.45, 7) is 0.168. The van der Waals surface area contributed by atoms with E-state index in [0.717, 1.165) is 0 Å². The maximum Gasteiger partial charge on any atom is 0.234 e. The van der Waals surface area contributed by atoms with Crippen LogP contribution in [-0.4, -0.2) is 39.1 Å². The number of ether oxygens (including phenoxy) is 2. The van der Waals surface area contributed by atoms with Crippen molar-refractivity contribution in [2.75, 3.05) is 23.2 Å². The van der Waals surface area contributed by atoms with E-state index in [1.165, 1.54) is 11.8 Å². The lowest BCUT2D eigenvalue weighted by molar-refractivity contribution is -0.116. The number of rotatable bonds is 7. The molecule has 0 aliphatic carbocycles. The van der Waals surface area contributed by atoms with Gasteiger partial charge in [0.25, 0.3) is 0 Å². The van der Waals surface area contributed by atoms with Crippen molar-refractivity contribution in [2.24, 2.45) is 7.05 Å². The molecule has 1 aromatic heterocycles. The standard InChI is InChI=1S/C20H17Cl2N5O4S/c1-27-16(8-17(28)24-13-4-2-3-12(21)19(13)22)25-26-20(27)32-9-18(29)23-11-5-6-14-15(7-11)31-10-30-14/h2-7H,8-10H2,1H3,(H,23,29)(H,24,28). The number of anilines is 2. The first-order valence-corrected chi connectivity index (χ1v) is 11.1. The molecule has 2 aromatic carbocycles. The molecule has 1 aliphatic rings. The van der Waals surface area contributed by atoms with E-state index in [1.807, 2.05) is 0 Å². The number of nitrogens with one attached hydrogen (secondary N) is 2. The van der Waals surface area contributed by atoms with E-state index in [0.29, 0.717) is 38.9 Å². The Bertz CT molecular complexity index is 1190. The van der Waals surface area contributed by atoms with Crippen LogP contribution >= 0.6 is 35.0 Å². The Hall–Kier alpha value is -2.95. The third-order valence-electron chi connectivity index (χ3n) is 4.46. The highest BCUT2D eigenvalue weighted by molar-refractivity contribution is 7.99. The first kappa shape index (κ1) is 22.3. The van der Waals surface area contributed by atoms with Crippen molar-refractivity contribution in [1.29, 1.82) is 0 Å². The summed E-state index contributed by atoms with van der Waals surface area (Å²) in [6, 6.07) is 10.2. The van der Waals surface area contributed by atoms with E-state index in [9.17, 15) is 9.59 Å². The van der Waals surface area contributed by atoms with Gasteiger partial charge in [-0.3, -0.25) is 9.59 Å². The number of benzene rings is 2. The van der Waals surface area contributed by atoms with Crippen LogP contribution in [0.4, 0.5) is 11.4 Å². The molecule has 2 N–H and O–H groups in total. The number of aromatic nitrogens is 3. The van der Waals surface area contributed by atoms with Gasteiger partial charge < -0.3 is 24.7 Å². The molecule has 3 aromatic rings. The van der Waals surface area contributed by atoms with Crippen molar-refractivity contribution < 1.29 is 19.1 Å².